The van der Waals surface area contributed by atoms with Crippen LogP contribution in [0.3, 0.4) is 0 Å². The van der Waals surface area contributed by atoms with Crippen molar-refractivity contribution in [3.8, 4) is 0 Å². The molecule has 1 aliphatic rings. The average molecular weight is 437 g/mol. The zero-order chi connectivity index (χ0) is 14.9. The Labute approximate surface area is 155 Å². The number of thioether (sulfide) groups is 1. The number of furan rings is 1. The fraction of sp³-hybridized carbons (Fsp3) is 0.688. The molecule has 2 atom stereocenters. The van der Waals surface area contributed by atoms with Gasteiger partial charge in [0, 0.05) is 30.8 Å². The van der Waals surface area contributed by atoms with Crippen LogP contribution in [0.4, 0.5) is 0 Å². The lowest BCUT2D eigenvalue weighted by atomic mass is 10.2. The van der Waals surface area contributed by atoms with Crippen LogP contribution < -0.4 is 10.6 Å². The van der Waals surface area contributed by atoms with Gasteiger partial charge in [0.15, 0.2) is 5.96 Å². The lowest BCUT2D eigenvalue weighted by Gasteiger charge is -2.17. The smallest absolute Gasteiger partial charge is 0.191 e. The van der Waals surface area contributed by atoms with Crippen molar-refractivity contribution in [2.24, 2.45) is 4.99 Å². The minimum absolute atomic E-state index is 0. The summed E-state index contributed by atoms with van der Waals surface area (Å²) in [4.78, 5) is 4.63. The highest BCUT2D eigenvalue weighted by Crippen LogP contribution is 2.27. The molecule has 0 aliphatic heterocycles. The monoisotopic (exact) mass is 437 g/mol. The molecular weight excluding hydrogens is 409 g/mol. The molecule has 1 aliphatic carbocycles. The minimum Gasteiger partial charge on any atom is -0.469 e. The van der Waals surface area contributed by atoms with Crippen LogP contribution in [0.1, 0.15) is 38.4 Å². The highest BCUT2D eigenvalue weighted by Gasteiger charge is 2.24. The number of halogens is 1. The maximum atomic E-state index is 5.36. The lowest BCUT2D eigenvalue weighted by molar-refractivity contribution is 0.506. The molecule has 2 N–H and O–H groups in total. The zero-order valence-corrected chi connectivity index (χ0v) is 16.7. The van der Waals surface area contributed by atoms with Crippen molar-refractivity contribution in [3.63, 3.8) is 0 Å². The van der Waals surface area contributed by atoms with E-state index in [0.717, 1.165) is 42.9 Å². The third-order valence-electron chi connectivity index (χ3n) is 3.80. The van der Waals surface area contributed by atoms with Gasteiger partial charge in [0.25, 0.3) is 0 Å². The summed E-state index contributed by atoms with van der Waals surface area (Å²) < 4.78 is 5.36. The number of hydrogen-bond acceptors (Lipinski definition) is 3. The molecule has 0 spiro atoms. The van der Waals surface area contributed by atoms with Gasteiger partial charge >= 0.3 is 0 Å². The predicted octanol–water partition coefficient (Wildman–Crippen LogP) is 3.67. The number of nitrogens with zero attached hydrogens (tertiary/aromatic N) is 1. The van der Waals surface area contributed by atoms with Crippen LogP contribution in [-0.4, -0.2) is 36.6 Å². The zero-order valence-electron chi connectivity index (χ0n) is 13.5. The van der Waals surface area contributed by atoms with Crippen LogP contribution in [0.15, 0.2) is 27.8 Å². The van der Waals surface area contributed by atoms with E-state index in [2.05, 4.69) is 28.8 Å². The molecule has 0 aromatic carbocycles. The van der Waals surface area contributed by atoms with Gasteiger partial charge in [-0.3, -0.25) is 4.99 Å². The molecule has 0 amide bonds. The molecule has 1 aromatic rings. The fourth-order valence-corrected chi connectivity index (χ4v) is 3.41. The van der Waals surface area contributed by atoms with Gasteiger partial charge in [-0.25, -0.2) is 0 Å². The summed E-state index contributed by atoms with van der Waals surface area (Å²) in [6, 6.07) is 4.51. The third kappa shape index (κ3) is 6.81. The predicted molar refractivity (Wildman–Crippen MR) is 107 cm³/mol. The first-order valence-electron chi connectivity index (χ1n) is 7.91. The normalized spacial score (nSPS) is 21.5. The second-order valence-electron chi connectivity index (χ2n) is 5.50. The number of guanidine groups is 1. The molecule has 1 aromatic heterocycles. The highest BCUT2D eigenvalue weighted by atomic mass is 127. The summed E-state index contributed by atoms with van der Waals surface area (Å²) in [5, 5.41) is 7.82. The first-order chi connectivity index (χ1) is 10.3. The van der Waals surface area contributed by atoms with Gasteiger partial charge in [0.05, 0.1) is 6.26 Å². The molecule has 0 bridgehead atoms. The molecule has 1 fully saturated rings. The van der Waals surface area contributed by atoms with Crippen LogP contribution in [0.25, 0.3) is 0 Å². The number of nitrogens with one attached hydrogen (secondary N) is 2. The van der Waals surface area contributed by atoms with E-state index in [0.29, 0.717) is 6.04 Å². The maximum Gasteiger partial charge on any atom is 0.191 e. The van der Waals surface area contributed by atoms with Crippen LogP contribution in [-0.2, 0) is 6.42 Å². The van der Waals surface area contributed by atoms with E-state index in [1.807, 2.05) is 23.9 Å². The summed E-state index contributed by atoms with van der Waals surface area (Å²) in [5.74, 6) is 1.97. The van der Waals surface area contributed by atoms with Crippen LogP contribution in [0, 0.1) is 0 Å². The molecule has 0 radical (unpaired) electrons. The Morgan fingerprint density at radius 3 is 2.95 bits per heavy atom. The van der Waals surface area contributed by atoms with Gasteiger partial charge in [-0.1, -0.05) is 6.92 Å². The van der Waals surface area contributed by atoms with E-state index in [1.54, 1.807) is 6.26 Å². The van der Waals surface area contributed by atoms with Crippen molar-refractivity contribution < 1.29 is 4.42 Å². The van der Waals surface area contributed by atoms with Crippen molar-refractivity contribution in [2.45, 2.75) is 50.3 Å². The summed E-state index contributed by atoms with van der Waals surface area (Å²) in [5.41, 5.74) is 0. The summed E-state index contributed by atoms with van der Waals surface area (Å²) in [6.07, 6.45) is 9.69. The molecule has 1 saturated carbocycles. The largest absolute Gasteiger partial charge is 0.469 e. The minimum atomic E-state index is 0. The number of rotatable bonds is 7. The van der Waals surface area contributed by atoms with Crippen molar-refractivity contribution in [1.82, 2.24) is 10.6 Å². The van der Waals surface area contributed by atoms with Crippen molar-refractivity contribution in [1.29, 1.82) is 0 Å². The van der Waals surface area contributed by atoms with Gasteiger partial charge in [0.2, 0.25) is 0 Å². The van der Waals surface area contributed by atoms with Crippen LogP contribution in [0.2, 0.25) is 0 Å². The second-order valence-corrected chi connectivity index (χ2v) is 6.64. The third-order valence-corrected chi connectivity index (χ3v) is 4.89. The SMILES string of the molecule is CCCN=C(NCCc1ccco1)NC1CCC(SC)C1.I. The van der Waals surface area contributed by atoms with Gasteiger partial charge in [-0.2, -0.15) is 11.8 Å². The van der Waals surface area contributed by atoms with Gasteiger partial charge in [-0.15, -0.1) is 24.0 Å². The average Bonchev–Trinajstić information content (AvgIpc) is 3.15. The molecule has 22 heavy (non-hydrogen) atoms. The Balaban J connectivity index is 0.00000242. The Morgan fingerprint density at radius 2 is 2.32 bits per heavy atom. The van der Waals surface area contributed by atoms with E-state index in [1.165, 1.54) is 19.3 Å². The summed E-state index contributed by atoms with van der Waals surface area (Å²) in [6.45, 7) is 3.87. The van der Waals surface area contributed by atoms with Gasteiger partial charge in [-0.05, 0) is 44.1 Å². The van der Waals surface area contributed by atoms with Crippen LogP contribution in [0.5, 0.6) is 0 Å². The van der Waals surface area contributed by atoms with E-state index >= 15 is 0 Å². The Morgan fingerprint density at radius 1 is 1.45 bits per heavy atom. The Hall–Kier alpha value is -0.370. The van der Waals surface area contributed by atoms with E-state index in [4.69, 9.17) is 4.42 Å². The second kappa shape index (κ2) is 11.2. The standard InChI is InChI=1S/C16H27N3OS.HI/c1-3-9-17-16(18-10-8-14-5-4-11-20-14)19-13-6-7-15(12-13)21-2;/h4-5,11,13,15H,3,6-10,12H2,1-2H3,(H2,17,18,19);1H. The Bertz CT molecular complexity index is 425. The van der Waals surface area contributed by atoms with Crippen molar-refractivity contribution >= 4 is 41.7 Å². The first kappa shape index (κ1) is 19.7. The molecule has 2 unspecified atom stereocenters. The quantitative estimate of drug-likeness (QED) is 0.388. The van der Waals surface area contributed by atoms with E-state index in [9.17, 15) is 0 Å². The topological polar surface area (TPSA) is 49.6 Å². The molecule has 4 nitrogen and oxygen atoms in total. The molecule has 126 valence electrons. The summed E-state index contributed by atoms with van der Waals surface area (Å²) in [7, 11) is 0. The fourth-order valence-electron chi connectivity index (χ4n) is 2.61. The van der Waals surface area contributed by atoms with Crippen molar-refractivity contribution in [2.75, 3.05) is 19.3 Å². The number of hydrogen-bond donors (Lipinski definition) is 2. The number of aliphatic imine (C=N–C) groups is 1. The molecule has 1 heterocycles. The molecule has 0 saturated heterocycles. The Kier molecular flexibility index (Phi) is 10.0. The highest BCUT2D eigenvalue weighted by molar-refractivity contribution is 14.0. The van der Waals surface area contributed by atoms with Gasteiger partial charge < -0.3 is 15.1 Å². The van der Waals surface area contributed by atoms with Crippen molar-refractivity contribution in [3.05, 3.63) is 24.2 Å². The van der Waals surface area contributed by atoms with Crippen LogP contribution >= 0.6 is 35.7 Å². The molecule has 6 heteroatoms. The molecular formula is C16H28IN3OS. The summed E-state index contributed by atoms with van der Waals surface area (Å²) >= 11 is 1.98. The maximum absolute atomic E-state index is 5.36. The van der Waals surface area contributed by atoms with E-state index in [-0.39, 0.29) is 24.0 Å². The molecule has 2 rings (SSSR count). The lowest BCUT2D eigenvalue weighted by Crippen LogP contribution is -2.43. The van der Waals surface area contributed by atoms with Gasteiger partial charge in [0.1, 0.15) is 5.76 Å². The first-order valence-corrected chi connectivity index (χ1v) is 9.20. The van der Waals surface area contributed by atoms with E-state index < -0.39 is 0 Å².